The quantitative estimate of drug-likeness (QED) is 0.801. The van der Waals surface area contributed by atoms with Gasteiger partial charge in [-0.1, -0.05) is 12.1 Å². The predicted molar refractivity (Wildman–Crippen MR) is 102 cm³/mol. The van der Waals surface area contributed by atoms with Crippen LogP contribution in [0.1, 0.15) is 12.0 Å². The van der Waals surface area contributed by atoms with Crippen LogP contribution < -0.4 is 24.8 Å². The summed E-state index contributed by atoms with van der Waals surface area (Å²) in [7, 11) is 1.61. The Morgan fingerprint density at radius 3 is 2.46 bits per heavy atom. The van der Waals surface area contributed by atoms with Gasteiger partial charge in [-0.25, -0.2) is 0 Å². The highest BCUT2D eigenvalue weighted by molar-refractivity contribution is 5.99. The van der Waals surface area contributed by atoms with Crippen LogP contribution in [0.3, 0.4) is 0 Å². The van der Waals surface area contributed by atoms with Crippen molar-refractivity contribution >= 4 is 17.5 Å². The molecule has 4 rings (SSSR count). The molecule has 0 radical (unpaired) electrons. The number of hydrogen-bond acceptors (Lipinski definition) is 5. The van der Waals surface area contributed by atoms with Gasteiger partial charge in [0.05, 0.1) is 18.9 Å². The Kier molecular flexibility index (Phi) is 5.06. The second kappa shape index (κ2) is 7.80. The molecule has 1 aliphatic heterocycles. The Labute approximate surface area is 163 Å². The van der Waals surface area contributed by atoms with Gasteiger partial charge in [-0.15, -0.1) is 0 Å². The van der Waals surface area contributed by atoms with Gasteiger partial charge >= 0.3 is 0 Å². The molecule has 2 unspecified atom stereocenters. The van der Waals surface area contributed by atoms with Crippen molar-refractivity contribution in [2.75, 3.05) is 25.6 Å². The standard InChI is InChI=1S/C21H22N2O5/c1-26-15-5-2-13(3-6-15)12-22-20(24)16-11-17(16)21(25)23-14-4-7-18-19(10-14)28-9-8-27-18/h2-7,10,16-17H,8-9,11-12H2,1H3,(H,22,24)(H,23,25). The van der Waals surface area contributed by atoms with Crippen LogP contribution in [-0.4, -0.2) is 32.1 Å². The third-order valence-electron chi connectivity index (χ3n) is 4.90. The van der Waals surface area contributed by atoms with E-state index >= 15 is 0 Å². The zero-order valence-electron chi connectivity index (χ0n) is 15.6. The fourth-order valence-electron chi connectivity index (χ4n) is 3.19. The molecule has 1 fully saturated rings. The molecule has 1 heterocycles. The Hall–Kier alpha value is -3.22. The minimum Gasteiger partial charge on any atom is -0.497 e. The lowest BCUT2D eigenvalue weighted by molar-refractivity contribution is -0.125. The molecule has 1 saturated carbocycles. The van der Waals surface area contributed by atoms with Gasteiger partial charge in [-0.3, -0.25) is 9.59 Å². The molecule has 2 amide bonds. The van der Waals surface area contributed by atoms with E-state index in [0.29, 0.717) is 43.4 Å². The van der Waals surface area contributed by atoms with E-state index in [1.165, 1.54) is 0 Å². The van der Waals surface area contributed by atoms with Gasteiger partial charge in [0.1, 0.15) is 19.0 Å². The zero-order chi connectivity index (χ0) is 19.5. The Morgan fingerprint density at radius 2 is 1.71 bits per heavy atom. The van der Waals surface area contributed by atoms with Crippen LogP contribution in [0.2, 0.25) is 0 Å². The fraction of sp³-hybridized carbons (Fsp3) is 0.333. The van der Waals surface area contributed by atoms with Crippen molar-refractivity contribution in [2.24, 2.45) is 11.8 Å². The summed E-state index contributed by atoms with van der Waals surface area (Å²) in [4.78, 5) is 24.7. The summed E-state index contributed by atoms with van der Waals surface area (Å²) in [6.07, 6.45) is 0.560. The molecule has 2 atom stereocenters. The van der Waals surface area contributed by atoms with Gasteiger partial charge < -0.3 is 24.8 Å². The van der Waals surface area contributed by atoms with Crippen LogP contribution in [0, 0.1) is 11.8 Å². The number of carbonyl (C=O) groups is 2. The van der Waals surface area contributed by atoms with Crippen molar-refractivity contribution < 1.29 is 23.8 Å². The summed E-state index contributed by atoms with van der Waals surface area (Å²) < 4.78 is 16.1. The van der Waals surface area contributed by atoms with E-state index < -0.39 is 0 Å². The summed E-state index contributed by atoms with van der Waals surface area (Å²) in [5.74, 6) is 1.23. The van der Waals surface area contributed by atoms with Crippen molar-refractivity contribution in [3.63, 3.8) is 0 Å². The molecular formula is C21H22N2O5. The first-order chi connectivity index (χ1) is 13.6. The van der Waals surface area contributed by atoms with Crippen LogP contribution in [0.5, 0.6) is 17.2 Å². The van der Waals surface area contributed by atoms with Crippen molar-refractivity contribution in [1.29, 1.82) is 0 Å². The van der Waals surface area contributed by atoms with E-state index in [1.807, 2.05) is 24.3 Å². The molecule has 0 spiro atoms. The molecule has 2 aliphatic rings. The molecule has 1 aliphatic carbocycles. The van der Waals surface area contributed by atoms with Gasteiger partial charge in [-0.2, -0.15) is 0 Å². The number of amides is 2. The normalized spacial score (nSPS) is 19.5. The van der Waals surface area contributed by atoms with E-state index in [-0.39, 0.29) is 23.7 Å². The summed E-state index contributed by atoms with van der Waals surface area (Å²) in [5.41, 5.74) is 1.62. The number of rotatable bonds is 6. The first kappa shape index (κ1) is 18.2. The van der Waals surface area contributed by atoms with Gasteiger partial charge in [0.2, 0.25) is 11.8 Å². The Balaban J connectivity index is 1.27. The number of ether oxygens (including phenoxy) is 3. The molecule has 28 heavy (non-hydrogen) atoms. The lowest BCUT2D eigenvalue weighted by Gasteiger charge is -2.19. The number of benzene rings is 2. The molecule has 2 N–H and O–H groups in total. The second-order valence-corrected chi connectivity index (χ2v) is 6.86. The highest BCUT2D eigenvalue weighted by atomic mass is 16.6. The molecule has 2 aromatic carbocycles. The fourth-order valence-corrected chi connectivity index (χ4v) is 3.19. The Bertz CT molecular complexity index is 881. The van der Waals surface area contributed by atoms with Gasteiger partial charge in [0.25, 0.3) is 0 Å². The van der Waals surface area contributed by atoms with Crippen LogP contribution in [0.25, 0.3) is 0 Å². The maximum Gasteiger partial charge on any atom is 0.228 e. The average molecular weight is 382 g/mol. The molecule has 7 nitrogen and oxygen atoms in total. The van der Waals surface area contributed by atoms with Crippen molar-refractivity contribution in [3.8, 4) is 17.2 Å². The first-order valence-corrected chi connectivity index (χ1v) is 9.25. The highest BCUT2D eigenvalue weighted by Crippen LogP contribution is 2.40. The minimum absolute atomic E-state index is 0.0989. The number of methoxy groups -OCH3 is 1. The predicted octanol–water partition coefficient (Wildman–Crippen LogP) is 2.36. The van der Waals surface area contributed by atoms with E-state index in [2.05, 4.69) is 10.6 Å². The summed E-state index contributed by atoms with van der Waals surface area (Å²) >= 11 is 0. The van der Waals surface area contributed by atoms with Crippen LogP contribution >= 0.6 is 0 Å². The molecule has 0 saturated heterocycles. The summed E-state index contributed by atoms with van der Waals surface area (Å²) in [6, 6.07) is 12.8. The van der Waals surface area contributed by atoms with Crippen LogP contribution in [0.4, 0.5) is 5.69 Å². The number of anilines is 1. The number of nitrogens with one attached hydrogen (secondary N) is 2. The number of carbonyl (C=O) groups excluding carboxylic acids is 2. The van der Waals surface area contributed by atoms with Crippen LogP contribution in [-0.2, 0) is 16.1 Å². The largest absolute Gasteiger partial charge is 0.497 e. The minimum atomic E-state index is -0.302. The van der Waals surface area contributed by atoms with Crippen molar-refractivity contribution in [1.82, 2.24) is 5.32 Å². The monoisotopic (exact) mass is 382 g/mol. The maximum atomic E-state index is 12.4. The Morgan fingerprint density at radius 1 is 1.00 bits per heavy atom. The van der Waals surface area contributed by atoms with Crippen molar-refractivity contribution in [3.05, 3.63) is 48.0 Å². The topological polar surface area (TPSA) is 85.9 Å². The van der Waals surface area contributed by atoms with Crippen LogP contribution in [0.15, 0.2) is 42.5 Å². The number of fused-ring (bicyclic) bond motifs is 1. The van der Waals surface area contributed by atoms with E-state index in [0.717, 1.165) is 11.3 Å². The van der Waals surface area contributed by atoms with E-state index in [1.54, 1.807) is 25.3 Å². The van der Waals surface area contributed by atoms with E-state index in [9.17, 15) is 9.59 Å². The molecular weight excluding hydrogens is 360 g/mol. The molecule has 146 valence electrons. The lowest BCUT2D eigenvalue weighted by Crippen LogP contribution is -2.27. The maximum absolute atomic E-state index is 12.4. The summed E-state index contributed by atoms with van der Waals surface area (Å²) in [6.45, 7) is 1.44. The smallest absolute Gasteiger partial charge is 0.228 e. The zero-order valence-corrected chi connectivity index (χ0v) is 15.6. The van der Waals surface area contributed by atoms with Gasteiger partial charge in [0.15, 0.2) is 11.5 Å². The molecule has 7 heteroatoms. The van der Waals surface area contributed by atoms with Gasteiger partial charge in [0, 0.05) is 18.3 Å². The molecule has 0 aromatic heterocycles. The van der Waals surface area contributed by atoms with E-state index in [4.69, 9.17) is 14.2 Å². The summed E-state index contributed by atoms with van der Waals surface area (Å²) in [5, 5.41) is 5.75. The third kappa shape index (κ3) is 4.03. The SMILES string of the molecule is COc1ccc(CNC(=O)C2CC2C(=O)Nc2ccc3c(c2)OCCO3)cc1. The van der Waals surface area contributed by atoms with Crippen molar-refractivity contribution in [2.45, 2.75) is 13.0 Å². The number of hydrogen-bond donors (Lipinski definition) is 2. The lowest BCUT2D eigenvalue weighted by atomic mass is 10.2. The molecule has 2 aromatic rings. The third-order valence-corrected chi connectivity index (χ3v) is 4.90. The average Bonchev–Trinajstić information content (AvgIpc) is 3.53. The van der Waals surface area contributed by atoms with Gasteiger partial charge in [-0.05, 0) is 36.2 Å². The molecule has 0 bridgehead atoms. The first-order valence-electron chi connectivity index (χ1n) is 9.25. The second-order valence-electron chi connectivity index (χ2n) is 6.86. The highest BCUT2D eigenvalue weighted by Gasteiger charge is 2.47.